The van der Waals surface area contributed by atoms with Gasteiger partial charge >= 0.3 is 0 Å². The van der Waals surface area contributed by atoms with Crippen LogP contribution >= 0.6 is 11.3 Å². The number of likely N-dealkylation sites (tertiary alicyclic amines) is 1. The highest BCUT2D eigenvalue weighted by atomic mass is 32.1. The molecule has 1 aliphatic heterocycles. The van der Waals surface area contributed by atoms with Crippen LogP contribution in [0.15, 0.2) is 41.8 Å². The average molecular weight is 289 g/mol. The first kappa shape index (κ1) is 13.8. The van der Waals surface area contributed by atoms with Gasteiger partial charge in [0.25, 0.3) is 0 Å². The summed E-state index contributed by atoms with van der Waals surface area (Å²) >= 11 is 1.85. The van der Waals surface area contributed by atoms with Crippen LogP contribution in [-0.2, 0) is 6.54 Å². The summed E-state index contributed by atoms with van der Waals surface area (Å²) in [5.41, 5.74) is 1.20. The van der Waals surface area contributed by atoms with Crippen molar-refractivity contribution in [2.75, 3.05) is 6.54 Å². The molecule has 106 valence electrons. The number of rotatable bonds is 3. The lowest BCUT2D eigenvalue weighted by Crippen LogP contribution is -2.27. The van der Waals surface area contributed by atoms with Crippen LogP contribution in [0.2, 0.25) is 0 Å². The zero-order valence-electron chi connectivity index (χ0n) is 11.6. The predicted molar refractivity (Wildman–Crippen MR) is 82.3 cm³/mol. The van der Waals surface area contributed by atoms with Gasteiger partial charge in [0.05, 0.1) is 0 Å². The van der Waals surface area contributed by atoms with Crippen LogP contribution in [-0.4, -0.2) is 11.4 Å². The minimum atomic E-state index is -0.153. The molecule has 0 radical (unpaired) electrons. The lowest BCUT2D eigenvalue weighted by molar-refractivity contribution is 0.195. The molecule has 3 heteroatoms. The molecular weight excluding hydrogens is 269 g/mol. The van der Waals surface area contributed by atoms with Gasteiger partial charge in [0.15, 0.2) is 0 Å². The first-order chi connectivity index (χ1) is 9.83. The minimum absolute atomic E-state index is 0.153. The third-order valence-electron chi connectivity index (χ3n) is 4.03. The number of halogens is 1. The van der Waals surface area contributed by atoms with Gasteiger partial charge in [-0.05, 0) is 48.5 Å². The molecule has 1 atom stereocenters. The Labute approximate surface area is 124 Å². The molecule has 0 saturated carbocycles. The van der Waals surface area contributed by atoms with Gasteiger partial charge in [-0.1, -0.05) is 31.0 Å². The van der Waals surface area contributed by atoms with Gasteiger partial charge in [-0.25, -0.2) is 4.39 Å². The van der Waals surface area contributed by atoms with Crippen molar-refractivity contribution < 1.29 is 4.39 Å². The Bertz CT molecular complexity index is 520. The standard InChI is InChI=1S/C17H20FNS/c18-15-9-7-14(8-10-15)13-19-11-3-1-2-5-16(19)17-6-4-12-20-17/h4,6-10,12,16H,1-3,5,11,13H2/t16-/m1/s1. The molecule has 0 N–H and O–H groups in total. The maximum absolute atomic E-state index is 13.0. The van der Waals surface area contributed by atoms with Crippen molar-refractivity contribution in [1.29, 1.82) is 0 Å². The molecule has 20 heavy (non-hydrogen) atoms. The first-order valence-corrected chi connectivity index (χ1v) is 8.23. The highest BCUT2D eigenvalue weighted by molar-refractivity contribution is 7.10. The molecule has 2 heterocycles. The fourth-order valence-electron chi connectivity index (χ4n) is 2.98. The van der Waals surface area contributed by atoms with Crippen LogP contribution in [0.3, 0.4) is 0 Å². The molecule has 1 aliphatic rings. The minimum Gasteiger partial charge on any atom is -0.291 e. The Morgan fingerprint density at radius 1 is 1.10 bits per heavy atom. The molecule has 1 nitrogen and oxygen atoms in total. The van der Waals surface area contributed by atoms with E-state index in [-0.39, 0.29) is 5.82 Å². The molecule has 0 amide bonds. The van der Waals surface area contributed by atoms with E-state index in [2.05, 4.69) is 22.4 Å². The number of benzene rings is 1. The Morgan fingerprint density at radius 2 is 1.95 bits per heavy atom. The second-order valence-electron chi connectivity index (χ2n) is 5.48. The van der Waals surface area contributed by atoms with Crippen molar-refractivity contribution in [1.82, 2.24) is 4.90 Å². The highest BCUT2D eigenvalue weighted by Crippen LogP contribution is 2.33. The third kappa shape index (κ3) is 3.28. The third-order valence-corrected chi connectivity index (χ3v) is 5.01. The van der Waals surface area contributed by atoms with E-state index in [1.807, 2.05) is 23.5 Å². The van der Waals surface area contributed by atoms with Gasteiger partial charge in [0.1, 0.15) is 5.82 Å². The van der Waals surface area contributed by atoms with Crippen LogP contribution < -0.4 is 0 Å². The van der Waals surface area contributed by atoms with Crippen LogP contribution in [0.5, 0.6) is 0 Å². The highest BCUT2D eigenvalue weighted by Gasteiger charge is 2.23. The Balaban J connectivity index is 1.78. The largest absolute Gasteiger partial charge is 0.291 e. The van der Waals surface area contributed by atoms with E-state index in [0.29, 0.717) is 6.04 Å². The van der Waals surface area contributed by atoms with Crippen LogP contribution in [0, 0.1) is 5.82 Å². The number of nitrogens with zero attached hydrogens (tertiary/aromatic N) is 1. The summed E-state index contributed by atoms with van der Waals surface area (Å²) < 4.78 is 13.0. The second-order valence-corrected chi connectivity index (χ2v) is 6.46. The molecule has 1 aromatic heterocycles. The van der Waals surface area contributed by atoms with Crippen molar-refractivity contribution >= 4 is 11.3 Å². The maximum Gasteiger partial charge on any atom is 0.123 e. The zero-order valence-corrected chi connectivity index (χ0v) is 12.4. The number of hydrogen-bond acceptors (Lipinski definition) is 2. The van der Waals surface area contributed by atoms with Gasteiger partial charge in [0, 0.05) is 17.5 Å². The molecule has 2 aromatic rings. The lowest BCUT2D eigenvalue weighted by atomic mass is 10.1. The van der Waals surface area contributed by atoms with E-state index >= 15 is 0 Å². The molecule has 0 spiro atoms. The summed E-state index contributed by atoms with van der Waals surface area (Å²) in [5, 5.41) is 2.16. The van der Waals surface area contributed by atoms with Gasteiger partial charge < -0.3 is 0 Å². The molecule has 3 rings (SSSR count). The Morgan fingerprint density at radius 3 is 2.70 bits per heavy atom. The fraction of sp³-hybridized carbons (Fsp3) is 0.412. The maximum atomic E-state index is 13.0. The van der Waals surface area contributed by atoms with E-state index in [9.17, 15) is 4.39 Å². The van der Waals surface area contributed by atoms with Crippen molar-refractivity contribution in [2.24, 2.45) is 0 Å². The smallest absolute Gasteiger partial charge is 0.123 e. The van der Waals surface area contributed by atoms with E-state index < -0.39 is 0 Å². The monoisotopic (exact) mass is 289 g/mol. The number of hydrogen-bond donors (Lipinski definition) is 0. The SMILES string of the molecule is Fc1ccc(CN2CCCCC[C@@H]2c2cccs2)cc1. The number of thiophene rings is 1. The van der Waals surface area contributed by atoms with E-state index in [1.54, 1.807) is 12.1 Å². The Kier molecular flexibility index (Phi) is 4.48. The summed E-state index contributed by atoms with van der Waals surface area (Å²) in [7, 11) is 0. The van der Waals surface area contributed by atoms with E-state index in [1.165, 1.54) is 36.1 Å². The Hall–Kier alpha value is -1.19. The molecule has 1 fully saturated rings. The van der Waals surface area contributed by atoms with Crippen molar-refractivity contribution in [3.8, 4) is 0 Å². The topological polar surface area (TPSA) is 3.24 Å². The van der Waals surface area contributed by atoms with Crippen LogP contribution in [0.25, 0.3) is 0 Å². The van der Waals surface area contributed by atoms with Gasteiger partial charge in [0.2, 0.25) is 0 Å². The van der Waals surface area contributed by atoms with Crippen molar-refractivity contribution in [3.05, 3.63) is 58.0 Å². The van der Waals surface area contributed by atoms with Gasteiger partial charge in [-0.15, -0.1) is 11.3 Å². The molecule has 1 aromatic carbocycles. The summed E-state index contributed by atoms with van der Waals surface area (Å²) in [6.07, 6.45) is 5.13. The van der Waals surface area contributed by atoms with Crippen LogP contribution in [0.1, 0.15) is 42.2 Å². The first-order valence-electron chi connectivity index (χ1n) is 7.35. The molecule has 0 unspecified atom stereocenters. The average Bonchev–Trinajstić information content (AvgIpc) is 2.89. The summed E-state index contributed by atoms with van der Waals surface area (Å²) in [6.45, 7) is 2.06. The van der Waals surface area contributed by atoms with E-state index in [0.717, 1.165) is 13.1 Å². The van der Waals surface area contributed by atoms with Crippen molar-refractivity contribution in [3.63, 3.8) is 0 Å². The van der Waals surface area contributed by atoms with Crippen molar-refractivity contribution in [2.45, 2.75) is 38.3 Å². The summed E-state index contributed by atoms with van der Waals surface area (Å²) in [4.78, 5) is 4.03. The van der Waals surface area contributed by atoms with E-state index in [4.69, 9.17) is 0 Å². The lowest BCUT2D eigenvalue weighted by Gasteiger charge is -2.29. The molecular formula is C17H20FNS. The molecule has 0 bridgehead atoms. The molecule has 0 aliphatic carbocycles. The fourth-order valence-corrected chi connectivity index (χ4v) is 3.88. The zero-order chi connectivity index (χ0) is 13.8. The van der Waals surface area contributed by atoms with Crippen LogP contribution in [0.4, 0.5) is 4.39 Å². The summed E-state index contributed by atoms with van der Waals surface area (Å²) in [6, 6.07) is 11.9. The molecule has 1 saturated heterocycles. The second kappa shape index (κ2) is 6.51. The quantitative estimate of drug-likeness (QED) is 0.768. The van der Waals surface area contributed by atoms with Gasteiger partial charge in [-0.3, -0.25) is 4.90 Å². The summed E-state index contributed by atoms with van der Waals surface area (Å²) in [5.74, 6) is -0.153. The normalized spacial score (nSPS) is 20.8. The predicted octanol–water partition coefficient (Wildman–Crippen LogP) is 5.00. The van der Waals surface area contributed by atoms with Gasteiger partial charge in [-0.2, -0.15) is 0 Å².